The maximum Gasteiger partial charge on any atom is 0.251 e. The predicted molar refractivity (Wildman–Crippen MR) is 63.0 cm³/mol. The van der Waals surface area contributed by atoms with Crippen molar-refractivity contribution < 1.29 is 9.90 Å². The molecule has 1 aromatic carbocycles. The first-order valence-electron chi connectivity index (χ1n) is 4.77. The number of rotatable bonds is 3. The maximum atomic E-state index is 11.6. The number of amides is 1. The van der Waals surface area contributed by atoms with Crippen molar-refractivity contribution in [3.05, 3.63) is 28.2 Å². The van der Waals surface area contributed by atoms with Crippen molar-refractivity contribution in [3.63, 3.8) is 0 Å². The number of phenols is 1. The van der Waals surface area contributed by atoms with Crippen LogP contribution in [0.5, 0.6) is 5.75 Å². The van der Waals surface area contributed by atoms with E-state index in [-0.39, 0.29) is 11.7 Å². The van der Waals surface area contributed by atoms with Crippen molar-refractivity contribution in [3.8, 4) is 5.75 Å². The summed E-state index contributed by atoms with van der Waals surface area (Å²) in [6, 6.07) is 4.69. The molecule has 0 heterocycles. The smallest absolute Gasteiger partial charge is 0.251 e. The number of benzene rings is 1. The molecule has 1 aromatic rings. The minimum Gasteiger partial charge on any atom is -0.507 e. The molecule has 0 aromatic heterocycles. The van der Waals surface area contributed by atoms with Gasteiger partial charge in [0.1, 0.15) is 5.75 Å². The molecule has 0 unspecified atom stereocenters. The molecule has 4 heteroatoms. The van der Waals surface area contributed by atoms with E-state index in [4.69, 9.17) is 0 Å². The van der Waals surface area contributed by atoms with E-state index in [0.717, 1.165) is 0 Å². The van der Waals surface area contributed by atoms with Gasteiger partial charge in [-0.15, -0.1) is 0 Å². The summed E-state index contributed by atoms with van der Waals surface area (Å²) in [7, 11) is 0. The zero-order chi connectivity index (χ0) is 11.4. The van der Waals surface area contributed by atoms with Crippen molar-refractivity contribution in [2.45, 2.75) is 13.8 Å². The fourth-order valence-electron chi connectivity index (χ4n) is 1.05. The summed E-state index contributed by atoms with van der Waals surface area (Å²) in [5.74, 6) is 0.439. The molecule has 0 bridgehead atoms. The molecule has 1 rings (SSSR count). The van der Waals surface area contributed by atoms with Crippen molar-refractivity contribution in [2.75, 3.05) is 6.54 Å². The van der Waals surface area contributed by atoms with Crippen LogP contribution < -0.4 is 5.32 Å². The molecule has 0 aliphatic rings. The van der Waals surface area contributed by atoms with Crippen LogP contribution in [0.2, 0.25) is 0 Å². The van der Waals surface area contributed by atoms with Gasteiger partial charge in [-0.2, -0.15) is 0 Å². The van der Waals surface area contributed by atoms with Crippen LogP contribution in [0.1, 0.15) is 24.2 Å². The van der Waals surface area contributed by atoms with Crippen LogP contribution in [0.3, 0.4) is 0 Å². The van der Waals surface area contributed by atoms with E-state index < -0.39 is 0 Å². The Morgan fingerprint density at radius 1 is 1.53 bits per heavy atom. The van der Waals surface area contributed by atoms with Crippen LogP contribution in [-0.2, 0) is 0 Å². The second-order valence-corrected chi connectivity index (χ2v) is 4.62. The van der Waals surface area contributed by atoms with Gasteiger partial charge in [-0.05, 0) is 40.0 Å². The number of nitrogens with one attached hydrogen (secondary N) is 1. The normalized spacial score (nSPS) is 10.4. The van der Waals surface area contributed by atoms with Crippen molar-refractivity contribution in [1.29, 1.82) is 0 Å². The van der Waals surface area contributed by atoms with Gasteiger partial charge in [-0.25, -0.2) is 0 Å². The Hall–Kier alpha value is -1.03. The van der Waals surface area contributed by atoms with Gasteiger partial charge in [0.05, 0.1) is 4.47 Å². The summed E-state index contributed by atoms with van der Waals surface area (Å²) < 4.78 is 0.527. The Kier molecular flexibility index (Phi) is 4.15. The number of halogens is 1. The molecule has 15 heavy (non-hydrogen) atoms. The van der Waals surface area contributed by atoms with E-state index in [1.165, 1.54) is 6.07 Å². The first-order valence-corrected chi connectivity index (χ1v) is 5.56. The van der Waals surface area contributed by atoms with Crippen molar-refractivity contribution >= 4 is 21.8 Å². The average molecular weight is 272 g/mol. The van der Waals surface area contributed by atoms with Gasteiger partial charge in [-0.1, -0.05) is 13.8 Å². The number of carbonyl (C=O) groups is 1. The summed E-state index contributed by atoms with van der Waals surface area (Å²) in [6.07, 6.45) is 0. The molecule has 0 aliphatic carbocycles. The Bertz CT molecular complexity index is 364. The number of carbonyl (C=O) groups excluding carboxylic acids is 1. The number of phenolic OH excluding ortho intramolecular Hbond substituents is 1. The van der Waals surface area contributed by atoms with E-state index >= 15 is 0 Å². The summed E-state index contributed by atoms with van der Waals surface area (Å²) in [4.78, 5) is 11.6. The van der Waals surface area contributed by atoms with E-state index in [1.807, 2.05) is 13.8 Å². The van der Waals surface area contributed by atoms with Crippen LogP contribution in [0.4, 0.5) is 0 Å². The first kappa shape index (κ1) is 12.0. The largest absolute Gasteiger partial charge is 0.507 e. The predicted octanol–water partition coefficient (Wildman–Crippen LogP) is 2.54. The van der Waals surface area contributed by atoms with Crippen LogP contribution in [0, 0.1) is 5.92 Å². The molecule has 0 saturated carbocycles. The number of hydrogen-bond acceptors (Lipinski definition) is 2. The molecule has 0 aliphatic heterocycles. The Balaban J connectivity index is 2.70. The first-order chi connectivity index (χ1) is 7.00. The number of hydrogen-bond donors (Lipinski definition) is 2. The fourth-order valence-corrected chi connectivity index (χ4v) is 1.43. The van der Waals surface area contributed by atoms with Gasteiger partial charge in [0.15, 0.2) is 0 Å². The fraction of sp³-hybridized carbons (Fsp3) is 0.364. The highest BCUT2D eigenvalue weighted by Crippen LogP contribution is 2.24. The van der Waals surface area contributed by atoms with Crippen molar-refractivity contribution in [2.24, 2.45) is 5.92 Å². The minimum absolute atomic E-state index is 0.121. The van der Waals surface area contributed by atoms with E-state index in [9.17, 15) is 9.90 Å². The van der Waals surface area contributed by atoms with Gasteiger partial charge in [0.25, 0.3) is 5.91 Å². The van der Waals surface area contributed by atoms with Crippen molar-refractivity contribution in [1.82, 2.24) is 5.32 Å². The zero-order valence-corrected chi connectivity index (χ0v) is 10.3. The van der Waals surface area contributed by atoms with Crippen LogP contribution in [0.15, 0.2) is 22.7 Å². The summed E-state index contributed by atoms with van der Waals surface area (Å²) >= 11 is 3.16. The lowest BCUT2D eigenvalue weighted by Gasteiger charge is -2.08. The molecule has 3 nitrogen and oxygen atoms in total. The standard InChI is InChI=1S/C11H14BrNO2/c1-7(2)6-13-11(15)8-3-4-10(14)9(12)5-8/h3-5,7,14H,6H2,1-2H3,(H,13,15). The molecule has 0 spiro atoms. The lowest BCUT2D eigenvalue weighted by atomic mass is 10.2. The third kappa shape index (κ3) is 3.55. The minimum atomic E-state index is -0.121. The van der Waals surface area contributed by atoms with Gasteiger partial charge in [0, 0.05) is 12.1 Å². The molecule has 1 amide bonds. The van der Waals surface area contributed by atoms with Crippen LogP contribution in [0.25, 0.3) is 0 Å². The van der Waals surface area contributed by atoms with Gasteiger partial charge in [0.2, 0.25) is 0 Å². The Labute approximate surface area is 97.6 Å². The maximum absolute atomic E-state index is 11.6. The third-order valence-corrected chi connectivity index (χ3v) is 2.52. The topological polar surface area (TPSA) is 49.3 Å². The van der Waals surface area contributed by atoms with E-state index in [2.05, 4.69) is 21.2 Å². The summed E-state index contributed by atoms with van der Waals surface area (Å²) in [5, 5.41) is 12.1. The second kappa shape index (κ2) is 5.16. The highest BCUT2D eigenvalue weighted by molar-refractivity contribution is 9.10. The lowest BCUT2D eigenvalue weighted by molar-refractivity contribution is 0.0949. The van der Waals surface area contributed by atoms with Gasteiger partial charge in [-0.3, -0.25) is 4.79 Å². The second-order valence-electron chi connectivity index (χ2n) is 3.77. The SMILES string of the molecule is CC(C)CNC(=O)c1ccc(O)c(Br)c1. The highest BCUT2D eigenvalue weighted by Gasteiger charge is 2.07. The van der Waals surface area contributed by atoms with E-state index in [1.54, 1.807) is 12.1 Å². The Morgan fingerprint density at radius 2 is 2.20 bits per heavy atom. The Morgan fingerprint density at radius 3 is 2.73 bits per heavy atom. The molecular formula is C11H14BrNO2. The quantitative estimate of drug-likeness (QED) is 0.888. The van der Waals surface area contributed by atoms with Gasteiger partial charge >= 0.3 is 0 Å². The van der Waals surface area contributed by atoms with Crippen LogP contribution in [-0.4, -0.2) is 17.6 Å². The molecule has 0 fully saturated rings. The summed E-state index contributed by atoms with van der Waals surface area (Å²) in [5.41, 5.74) is 0.542. The highest BCUT2D eigenvalue weighted by atomic mass is 79.9. The third-order valence-electron chi connectivity index (χ3n) is 1.88. The summed E-state index contributed by atoms with van der Waals surface area (Å²) in [6.45, 7) is 4.72. The molecule has 0 atom stereocenters. The lowest BCUT2D eigenvalue weighted by Crippen LogP contribution is -2.27. The molecule has 0 saturated heterocycles. The zero-order valence-electron chi connectivity index (χ0n) is 8.75. The van der Waals surface area contributed by atoms with Crippen LogP contribution >= 0.6 is 15.9 Å². The monoisotopic (exact) mass is 271 g/mol. The average Bonchev–Trinajstić information content (AvgIpc) is 2.18. The van der Waals surface area contributed by atoms with Gasteiger partial charge < -0.3 is 10.4 Å². The molecule has 0 radical (unpaired) electrons. The molecular weight excluding hydrogens is 258 g/mol. The molecule has 2 N–H and O–H groups in total. The number of aromatic hydroxyl groups is 1. The molecule has 82 valence electrons. The van der Waals surface area contributed by atoms with E-state index in [0.29, 0.717) is 22.5 Å².